The van der Waals surface area contributed by atoms with Gasteiger partial charge in [0.15, 0.2) is 0 Å². The van der Waals surface area contributed by atoms with Gasteiger partial charge in [0.25, 0.3) is 0 Å². The highest BCUT2D eigenvalue weighted by Gasteiger charge is 2.41. The molecule has 3 aliphatic rings. The Bertz CT molecular complexity index is 286. The Morgan fingerprint density at radius 1 is 1.26 bits per heavy atom. The molecule has 2 aliphatic heterocycles. The van der Waals surface area contributed by atoms with Gasteiger partial charge >= 0.3 is 0 Å². The second-order valence-electron chi connectivity index (χ2n) is 6.52. The minimum atomic E-state index is 0.225. The van der Waals surface area contributed by atoms with E-state index in [1.807, 2.05) is 0 Å². The van der Waals surface area contributed by atoms with Gasteiger partial charge in [-0.05, 0) is 32.7 Å². The van der Waals surface area contributed by atoms with Crippen molar-refractivity contribution in [2.75, 3.05) is 39.9 Å². The summed E-state index contributed by atoms with van der Waals surface area (Å²) in [6.07, 6.45) is 8.03. The van der Waals surface area contributed by atoms with Gasteiger partial charge in [-0.1, -0.05) is 12.8 Å². The average Bonchev–Trinajstić information content (AvgIpc) is 2.88. The third kappa shape index (κ3) is 3.30. The van der Waals surface area contributed by atoms with Crippen molar-refractivity contribution in [1.82, 2.24) is 10.2 Å². The molecule has 1 N–H and O–H groups in total. The van der Waals surface area contributed by atoms with Crippen molar-refractivity contribution in [3.8, 4) is 0 Å². The SMILES string of the molecule is CN(CC1CNCCO1)C1CCOC2(CCCC2)C1. The summed E-state index contributed by atoms with van der Waals surface area (Å²) in [5.74, 6) is 0. The molecule has 3 fully saturated rings. The number of rotatable bonds is 3. The lowest BCUT2D eigenvalue weighted by Crippen LogP contribution is -2.51. The van der Waals surface area contributed by atoms with Crippen molar-refractivity contribution in [3.63, 3.8) is 0 Å². The molecule has 2 atom stereocenters. The van der Waals surface area contributed by atoms with Crippen LogP contribution in [0.3, 0.4) is 0 Å². The molecule has 0 radical (unpaired) electrons. The molecule has 0 bridgehead atoms. The maximum absolute atomic E-state index is 6.13. The van der Waals surface area contributed by atoms with Gasteiger partial charge in [-0.2, -0.15) is 0 Å². The monoisotopic (exact) mass is 268 g/mol. The van der Waals surface area contributed by atoms with Crippen LogP contribution in [0.15, 0.2) is 0 Å². The first-order valence-corrected chi connectivity index (χ1v) is 7.94. The van der Waals surface area contributed by atoms with E-state index in [0.717, 1.165) is 32.8 Å². The third-order valence-corrected chi connectivity index (χ3v) is 5.10. The highest BCUT2D eigenvalue weighted by Crippen LogP contribution is 2.41. The second kappa shape index (κ2) is 6.08. The average molecular weight is 268 g/mol. The van der Waals surface area contributed by atoms with Crippen LogP contribution in [-0.4, -0.2) is 62.5 Å². The molecular weight excluding hydrogens is 240 g/mol. The molecule has 0 aromatic heterocycles. The largest absolute Gasteiger partial charge is 0.375 e. The third-order valence-electron chi connectivity index (χ3n) is 5.10. The number of nitrogens with zero attached hydrogens (tertiary/aromatic N) is 1. The van der Waals surface area contributed by atoms with Crippen molar-refractivity contribution in [1.29, 1.82) is 0 Å². The normalized spacial score (nSPS) is 35.1. The molecule has 3 rings (SSSR count). The van der Waals surface area contributed by atoms with Gasteiger partial charge in [0.1, 0.15) is 0 Å². The minimum absolute atomic E-state index is 0.225. The first-order chi connectivity index (χ1) is 9.27. The molecule has 1 spiro atoms. The lowest BCUT2D eigenvalue weighted by molar-refractivity contribution is -0.104. The van der Waals surface area contributed by atoms with Crippen LogP contribution in [-0.2, 0) is 9.47 Å². The van der Waals surface area contributed by atoms with Crippen LogP contribution >= 0.6 is 0 Å². The molecule has 0 amide bonds. The topological polar surface area (TPSA) is 33.7 Å². The molecule has 2 saturated heterocycles. The summed E-state index contributed by atoms with van der Waals surface area (Å²) in [5, 5.41) is 3.42. The summed E-state index contributed by atoms with van der Waals surface area (Å²) in [6, 6.07) is 0.678. The summed E-state index contributed by atoms with van der Waals surface area (Å²) in [5.41, 5.74) is 0.225. The van der Waals surface area contributed by atoms with E-state index in [4.69, 9.17) is 9.47 Å². The van der Waals surface area contributed by atoms with Gasteiger partial charge in [0.05, 0.1) is 18.3 Å². The fraction of sp³-hybridized carbons (Fsp3) is 1.00. The number of hydrogen-bond acceptors (Lipinski definition) is 4. The quantitative estimate of drug-likeness (QED) is 0.839. The summed E-state index contributed by atoms with van der Waals surface area (Å²) in [6.45, 7) is 4.85. The van der Waals surface area contributed by atoms with Gasteiger partial charge in [-0.15, -0.1) is 0 Å². The van der Waals surface area contributed by atoms with Crippen LogP contribution in [0.4, 0.5) is 0 Å². The zero-order chi connectivity index (χ0) is 13.1. The Labute approximate surface area is 116 Å². The smallest absolute Gasteiger partial charge is 0.0826 e. The highest BCUT2D eigenvalue weighted by atomic mass is 16.5. The predicted octanol–water partition coefficient (Wildman–Crippen LogP) is 1.40. The highest BCUT2D eigenvalue weighted by molar-refractivity contribution is 4.94. The fourth-order valence-electron chi connectivity index (χ4n) is 3.95. The van der Waals surface area contributed by atoms with Crippen molar-refractivity contribution in [2.45, 2.75) is 56.3 Å². The molecule has 0 aromatic rings. The zero-order valence-corrected chi connectivity index (χ0v) is 12.2. The minimum Gasteiger partial charge on any atom is -0.375 e. The zero-order valence-electron chi connectivity index (χ0n) is 12.2. The van der Waals surface area contributed by atoms with Crippen molar-refractivity contribution < 1.29 is 9.47 Å². The second-order valence-corrected chi connectivity index (χ2v) is 6.52. The lowest BCUT2D eigenvalue weighted by atomic mass is 9.88. The number of ether oxygens (including phenoxy) is 2. The molecule has 4 heteroatoms. The molecule has 4 nitrogen and oxygen atoms in total. The summed E-state index contributed by atoms with van der Waals surface area (Å²) >= 11 is 0. The van der Waals surface area contributed by atoms with E-state index in [-0.39, 0.29) is 5.60 Å². The van der Waals surface area contributed by atoms with E-state index in [2.05, 4.69) is 17.3 Å². The molecule has 19 heavy (non-hydrogen) atoms. The summed E-state index contributed by atoms with van der Waals surface area (Å²) in [4.78, 5) is 2.51. The van der Waals surface area contributed by atoms with Gasteiger partial charge < -0.3 is 19.7 Å². The van der Waals surface area contributed by atoms with E-state index in [0.29, 0.717) is 12.1 Å². The Hall–Kier alpha value is -0.160. The number of morpholine rings is 1. The van der Waals surface area contributed by atoms with E-state index >= 15 is 0 Å². The van der Waals surface area contributed by atoms with Crippen LogP contribution in [0, 0.1) is 0 Å². The van der Waals surface area contributed by atoms with Crippen LogP contribution in [0.5, 0.6) is 0 Å². The maximum atomic E-state index is 6.13. The van der Waals surface area contributed by atoms with Crippen LogP contribution < -0.4 is 5.32 Å². The Morgan fingerprint density at radius 2 is 2.11 bits per heavy atom. The molecule has 1 saturated carbocycles. The molecular formula is C15H28N2O2. The van der Waals surface area contributed by atoms with Gasteiger partial charge in [-0.3, -0.25) is 0 Å². The molecule has 110 valence electrons. The van der Waals surface area contributed by atoms with Gasteiger partial charge in [0.2, 0.25) is 0 Å². The van der Waals surface area contributed by atoms with Crippen molar-refractivity contribution in [3.05, 3.63) is 0 Å². The predicted molar refractivity (Wildman–Crippen MR) is 75.4 cm³/mol. The first kappa shape index (κ1) is 13.8. The molecule has 1 aliphatic carbocycles. The van der Waals surface area contributed by atoms with Crippen molar-refractivity contribution in [2.24, 2.45) is 0 Å². The fourth-order valence-corrected chi connectivity index (χ4v) is 3.95. The standard InChI is InChI=1S/C15H28N2O2/c1-17(12-14-11-16-7-9-18-14)13-4-8-19-15(10-13)5-2-3-6-15/h13-14,16H,2-12H2,1H3. The molecule has 2 heterocycles. The number of nitrogens with one attached hydrogen (secondary N) is 1. The van der Waals surface area contributed by atoms with E-state index in [1.54, 1.807) is 0 Å². The van der Waals surface area contributed by atoms with Crippen LogP contribution in [0.1, 0.15) is 38.5 Å². The van der Waals surface area contributed by atoms with Gasteiger partial charge in [-0.25, -0.2) is 0 Å². The van der Waals surface area contributed by atoms with Crippen molar-refractivity contribution >= 4 is 0 Å². The summed E-state index contributed by atoms with van der Waals surface area (Å²) < 4.78 is 11.9. The first-order valence-electron chi connectivity index (χ1n) is 7.94. The molecule has 0 aromatic carbocycles. The Balaban J connectivity index is 1.52. The van der Waals surface area contributed by atoms with Crippen LogP contribution in [0.2, 0.25) is 0 Å². The lowest BCUT2D eigenvalue weighted by Gasteiger charge is -2.42. The van der Waals surface area contributed by atoms with Gasteiger partial charge in [0, 0.05) is 32.3 Å². The molecule has 2 unspecified atom stereocenters. The van der Waals surface area contributed by atoms with Crippen LogP contribution in [0.25, 0.3) is 0 Å². The maximum Gasteiger partial charge on any atom is 0.0826 e. The Morgan fingerprint density at radius 3 is 2.84 bits per heavy atom. The Kier molecular flexibility index (Phi) is 4.42. The number of likely N-dealkylation sites (N-methyl/N-ethyl adjacent to an activating group) is 1. The number of hydrogen-bond donors (Lipinski definition) is 1. The van der Waals surface area contributed by atoms with E-state index in [9.17, 15) is 0 Å². The van der Waals surface area contributed by atoms with E-state index < -0.39 is 0 Å². The summed E-state index contributed by atoms with van der Waals surface area (Å²) in [7, 11) is 2.26. The van der Waals surface area contributed by atoms with E-state index in [1.165, 1.54) is 38.5 Å².